The van der Waals surface area contributed by atoms with Crippen molar-refractivity contribution in [3.05, 3.63) is 91.3 Å². The highest BCUT2D eigenvalue weighted by Crippen LogP contribution is 2.38. The minimum atomic E-state index is -0.223. The molecular formula is C24H20BrCl2N3OS. The molecule has 1 amide bonds. The van der Waals surface area contributed by atoms with Gasteiger partial charge in [-0.05, 0) is 65.2 Å². The highest BCUT2D eigenvalue weighted by molar-refractivity contribution is 9.11. The molecule has 0 aliphatic heterocycles. The van der Waals surface area contributed by atoms with E-state index in [1.807, 2.05) is 62.4 Å². The number of halogens is 3. The third kappa shape index (κ3) is 4.64. The van der Waals surface area contributed by atoms with Crippen molar-refractivity contribution in [1.29, 1.82) is 0 Å². The van der Waals surface area contributed by atoms with Gasteiger partial charge in [0.25, 0.3) is 5.91 Å². The largest absolute Gasteiger partial charge is 0.344 e. The van der Waals surface area contributed by atoms with Gasteiger partial charge in [-0.25, -0.2) is 4.68 Å². The minimum absolute atomic E-state index is 0.156. The predicted molar refractivity (Wildman–Crippen MR) is 136 cm³/mol. The molecule has 2 aromatic heterocycles. The van der Waals surface area contributed by atoms with Gasteiger partial charge in [0.15, 0.2) is 5.69 Å². The van der Waals surface area contributed by atoms with Gasteiger partial charge in [0.1, 0.15) is 0 Å². The molecule has 32 heavy (non-hydrogen) atoms. The zero-order chi connectivity index (χ0) is 22.8. The maximum absolute atomic E-state index is 13.3. The van der Waals surface area contributed by atoms with Gasteiger partial charge in [0.05, 0.1) is 31.1 Å². The quantitative estimate of drug-likeness (QED) is 0.268. The molecule has 0 bridgehead atoms. The molecule has 1 atom stereocenters. The highest BCUT2D eigenvalue weighted by atomic mass is 79.9. The molecular weight excluding hydrogens is 529 g/mol. The van der Waals surface area contributed by atoms with Gasteiger partial charge in [0, 0.05) is 10.6 Å². The Labute approximate surface area is 209 Å². The summed E-state index contributed by atoms with van der Waals surface area (Å²) in [4.78, 5) is 14.3. The molecule has 0 aliphatic rings. The maximum Gasteiger partial charge on any atom is 0.272 e. The van der Waals surface area contributed by atoms with Gasteiger partial charge in [-0.15, -0.1) is 11.3 Å². The van der Waals surface area contributed by atoms with E-state index in [-0.39, 0.29) is 11.9 Å². The minimum Gasteiger partial charge on any atom is -0.344 e. The Morgan fingerprint density at radius 1 is 1.16 bits per heavy atom. The van der Waals surface area contributed by atoms with Crippen LogP contribution in [0.25, 0.3) is 16.3 Å². The van der Waals surface area contributed by atoms with Gasteiger partial charge >= 0.3 is 0 Å². The van der Waals surface area contributed by atoms with Crippen LogP contribution < -0.4 is 5.32 Å². The van der Waals surface area contributed by atoms with Crippen LogP contribution in [0.5, 0.6) is 0 Å². The first kappa shape index (κ1) is 23.1. The average molecular weight is 549 g/mol. The molecule has 0 saturated carbocycles. The van der Waals surface area contributed by atoms with E-state index in [9.17, 15) is 4.79 Å². The van der Waals surface area contributed by atoms with Gasteiger partial charge in [-0.3, -0.25) is 4.79 Å². The Morgan fingerprint density at radius 2 is 1.91 bits per heavy atom. The lowest BCUT2D eigenvalue weighted by Crippen LogP contribution is -2.27. The topological polar surface area (TPSA) is 46.9 Å². The van der Waals surface area contributed by atoms with E-state index in [1.165, 1.54) is 0 Å². The second-order valence-corrected chi connectivity index (χ2v) is 10.6. The Balaban J connectivity index is 1.83. The van der Waals surface area contributed by atoms with Crippen LogP contribution in [-0.4, -0.2) is 15.7 Å². The number of hydrogen-bond acceptors (Lipinski definition) is 3. The lowest BCUT2D eigenvalue weighted by Gasteiger charge is -2.13. The first-order valence-corrected chi connectivity index (χ1v) is 12.4. The summed E-state index contributed by atoms with van der Waals surface area (Å²) in [6.07, 6.45) is 0.637. The fraction of sp³-hybridized carbons (Fsp3) is 0.167. The summed E-state index contributed by atoms with van der Waals surface area (Å²) in [6, 6.07) is 19.0. The molecule has 0 fully saturated rings. The molecule has 1 N–H and O–H groups in total. The van der Waals surface area contributed by atoms with Crippen molar-refractivity contribution < 1.29 is 4.79 Å². The van der Waals surface area contributed by atoms with Crippen molar-refractivity contribution >= 4 is 56.4 Å². The van der Waals surface area contributed by atoms with Crippen molar-refractivity contribution in [1.82, 2.24) is 15.1 Å². The lowest BCUT2D eigenvalue weighted by molar-refractivity contribution is 0.0933. The van der Waals surface area contributed by atoms with Crippen LogP contribution in [0, 0.1) is 0 Å². The van der Waals surface area contributed by atoms with Crippen LogP contribution in [0.3, 0.4) is 0 Å². The Kier molecular flexibility index (Phi) is 7.05. The van der Waals surface area contributed by atoms with Gasteiger partial charge < -0.3 is 5.32 Å². The first-order valence-electron chi connectivity index (χ1n) is 10.1. The normalized spacial score (nSPS) is 12.0. The summed E-state index contributed by atoms with van der Waals surface area (Å²) in [5.41, 5.74) is 3.80. The molecule has 2 heterocycles. The lowest BCUT2D eigenvalue weighted by atomic mass is 10.1. The fourth-order valence-corrected chi connectivity index (χ4v) is 5.51. The third-order valence-corrected chi connectivity index (χ3v) is 7.31. The van der Waals surface area contributed by atoms with E-state index < -0.39 is 0 Å². The number of rotatable bonds is 6. The standard InChI is InChI=1S/C24H20BrCl2N3OS/c1-3-17-22(24(31)28-14(2)15-7-5-4-6-8-15)29-30(19-10-9-16(26)13-18(19)27)23(17)20-11-12-21(25)32-20/h4-14H,3H2,1-2H3,(H,28,31)/t14-/m1/s1. The highest BCUT2D eigenvalue weighted by Gasteiger charge is 2.26. The van der Waals surface area contributed by atoms with E-state index >= 15 is 0 Å². The molecule has 4 rings (SSSR count). The number of nitrogens with zero attached hydrogens (tertiary/aromatic N) is 2. The van der Waals surface area contributed by atoms with Crippen LogP contribution in [0.15, 0.2) is 64.5 Å². The van der Waals surface area contributed by atoms with Crippen LogP contribution >= 0.6 is 50.5 Å². The molecule has 0 saturated heterocycles. The van der Waals surface area contributed by atoms with E-state index in [0.29, 0.717) is 27.8 Å². The molecule has 164 valence electrons. The van der Waals surface area contributed by atoms with Crippen molar-refractivity contribution in [3.63, 3.8) is 0 Å². The summed E-state index contributed by atoms with van der Waals surface area (Å²) in [7, 11) is 0. The molecule has 4 nitrogen and oxygen atoms in total. The van der Waals surface area contributed by atoms with Gasteiger partial charge in [0.2, 0.25) is 0 Å². The number of nitrogens with one attached hydrogen (secondary N) is 1. The summed E-state index contributed by atoms with van der Waals surface area (Å²) < 4.78 is 2.74. The molecule has 2 aromatic carbocycles. The molecule has 0 radical (unpaired) electrons. The van der Waals surface area contributed by atoms with Gasteiger partial charge in [-0.1, -0.05) is 60.5 Å². The van der Waals surface area contributed by atoms with E-state index in [1.54, 1.807) is 28.2 Å². The molecule has 0 spiro atoms. The molecule has 0 unspecified atom stereocenters. The Hall–Kier alpha value is -2.12. The average Bonchev–Trinajstić information content (AvgIpc) is 3.37. The second-order valence-electron chi connectivity index (χ2n) is 7.25. The van der Waals surface area contributed by atoms with Crippen LogP contribution in [0.1, 0.15) is 41.5 Å². The van der Waals surface area contributed by atoms with Crippen molar-refractivity contribution in [2.75, 3.05) is 0 Å². The smallest absolute Gasteiger partial charge is 0.272 e. The van der Waals surface area contributed by atoms with Gasteiger partial charge in [-0.2, -0.15) is 5.10 Å². The monoisotopic (exact) mass is 547 g/mol. The number of amides is 1. The van der Waals surface area contributed by atoms with E-state index in [2.05, 4.69) is 21.2 Å². The van der Waals surface area contributed by atoms with Crippen LogP contribution in [-0.2, 0) is 6.42 Å². The first-order chi connectivity index (χ1) is 15.4. The van der Waals surface area contributed by atoms with E-state index in [4.69, 9.17) is 28.3 Å². The number of carbonyl (C=O) groups is 1. The zero-order valence-electron chi connectivity index (χ0n) is 17.4. The molecule has 4 aromatic rings. The summed E-state index contributed by atoms with van der Waals surface area (Å²) >= 11 is 17.8. The molecule has 0 aliphatic carbocycles. The maximum atomic E-state index is 13.3. The molecule has 8 heteroatoms. The van der Waals surface area contributed by atoms with E-state index in [0.717, 1.165) is 25.5 Å². The second kappa shape index (κ2) is 9.79. The number of benzene rings is 2. The van der Waals surface area contributed by atoms with Crippen LogP contribution in [0.4, 0.5) is 0 Å². The predicted octanol–water partition coefficient (Wildman–Crippen LogP) is 7.72. The Morgan fingerprint density at radius 3 is 2.53 bits per heavy atom. The SMILES string of the molecule is CCc1c(C(=O)N[C@H](C)c2ccccc2)nn(-c2ccc(Cl)cc2Cl)c1-c1ccc(Br)s1. The summed E-state index contributed by atoms with van der Waals surface area (Å²) in [5, 5.41) is 8.83. The number of aromatic nitrogens is 2. The summed E-state index contributed by atoms with van der Waals surface area (Å²) in [5.74, 6) is -0.223. The number of hydrogen-bond donors (Lipinski definition) is 1. The number of thiophene rings is 1. The van der Waals surface area contributed by atoms with Crippen molar-refractivity contribution in [2.45, 2.75) is 26.3 Å². The summed E-state index contributed by atoms with van der Waals surface area (Å²) in [6.45, 7) is 3.98. The fourth-order valence-electron chi connectivity index (χ4n) is 3.58. The third-order valence-electron chi connectivity index (χ3n) is 5.14. The number of carbonyl (C=O) groups excluding carboxylic acids is 1. The van der Waals surface area contributed by atoms with Crippen molar-refractivity contribution in [2.24, 2.45) is 0 Å². The van der Waals surface area contributed by atoms with Crippen molar-refractivity contribution in [3.8, 4) is 16.3 Å². The zero-order valence-corrected chi connectivity index (χ0v) is 21.3. The van der Waals surface area contributed by atoms with Crippen LogP contribution in [0.2, 0.25) is 10.0 Å². The Bertz CT molecular complexity index is 1270.